The Morgan fingerprint density at radius 2 is 0.640 bits per heavy atom. The molecule has 16 nitrogen and oxygen atoms in total. The molecule has 0 fully saturated rings. The Bertz CT molecular complexity index is 696. The third-order valence-electron chi connectivity index (χ3n) is 2.06. The van der Waals surface area contributed by atoms with E-state index in [4.69, 9.17) is 18.2 Å². The fourth-order valence-electron chi connectivity index (χ4n) is 1.05. The van der Waals surface area contributed by atoms with Gasteiger partial charge in [0, 0.05) is 0 Å². The minimum atomic E-state index is -5.22. The van der Waals surface area contributed by atoms with Crippen molar-refractivity contribution < 1.29 is 68.6 Å². The van der Waals surface area contributed by atoms with E-state index in [9.17, 15) is 33.7 Å². The summed E-state index contributed by atoms with van der Waals surface area (Å²) in [6, 6.07) is 0. The highest BCUT2D eigenvalue weighted by atomic mass is 32.3. The van der Waals surface area contributed by atoms with Gasteiger partial charge in [-0.15, -0.1) is 0 Å². The van der Waals surface area contributed by atoms with Crippen LogP contribution in [0.5, 0.6) is 0 Å². The van der Waals surface area contributed by atoms with Gasteiger partial charge in [-0.3, -0.25) is 18.2 Å². The molecule has 0 saturated heterocycles. The molecule has 0 aromatic rings. The average Bonchev–Trinajstić information content (AvgIpc) is 2.33. The predicted molar refractivity (Wildman–Crippen MR) is 72.4 cm³/mol. The molecule has 25 heavy (non-hydrogen) atoms. The first kappa shape index (κ1) is 24.5. The Balaban J connectivity index is 5.70. The van der Waals surface area contributed by atoms with E-state index >= 15 is 0 Å². The lowest BCUT2D eigenvalue weighted by atomic mass is 9.93. The molecule has 0 heterocycles. The zero-order valence-corrected chi connectivity index (χ0v) is 14.9. The van der Waals surface area contributed by atoms with Crippen molar-refractivity contribution in [2.75, 3.05) is 26.4 Å². The highest BCUT2D eigenvalue weighted by Gasteiger charge is 2.39. The normalized spacial score (nSPS) is 14.6. The maximum Gasteiger partial charge on any atom is 0.397 e. The Hall–Kier alpha value is -0.520. The number of rotatable bonds is 12. The Labute approximate surface area is 142 Å². The molecule has 0 aliphatic carbocycles. The van der Waals surface area contributed by atoms with Crippen molar-refractivity contribution in [2.24, 2.45) is 5.41 Å². The predicted octanol–water partition coefficient (Wildman–Crippen LogP) is -2.75. The molecule has 0 atom stereocenters. The maximum absolute atomic E-state index is 10.6. The van der Waals surface area contributed by atoms with Crippen molar-refractivity contribution in [1.82, 2.24) is 0 Å². The van der Waals surface area contributed by atoms with Crippen molar-refractivity contribution in [3.05, 3.63) is 0 Å². The van der Waals surface area contributed by atoms with Crippen LogP contribution >= 0.6 is 0 Å². The maximum atomic E-state index is 10.6. The average molecular weight is 456 g/mol. The molecule has 152 valence electrons. The van der Waals surface area contributed by atoms with Crippen molar-refractivity contribution in [3.8, 4) is 0 Å². The Morgan fingerprint density at radius 3 is 0.760 bits per heavy atom. The van der Waals surface area contributed by atoms with Crippen LogP contribution in [0.2, 0.25) is 0 Å². The van der Waals surface area contributed by atoms with E-state index < -0.39 is 73.4 Å². The summed E-state index contributed by atoms with van der Waals surface area (Å²) in [7, 11) is -20.9. The van der Waals surface area contributed by atoms with Crippen molar-refractivity contribution in [1.29, 1.82) is 0 Å². The molecular formula is C5H12O16S4. The van der Waals surface area contributed by atoms with Crippen LogP contribution in [0.1, 0.15) is 0 Å². The van der Waals surface area contributed by atoms with Crippen LogP contribution in [0.3, 0.4) is 0 Å². The second-order valence-corrected chi connectivity index (χ2v) is 8.62. The van der Waals surface area contributed by atoms with Crippen LogP contribution in [0.4, 0.5) is 0 Å². The topological polar surface area (TPSA) is 254 Å². The number of hydrogen-bond acceptors (Lipinski definition) is 12. The Morgan fingerprint density at radius 1 is 0.480 bits per heavy atom. The Kier molecular flexibility index (Phi) is 8.27. The van der Waals surface area contributed by atoms with Gasteiger partial charge in [0.05, 0.1) is 31.8 Å². The van der Waals surface area contributed by atoms with Crippen LogP contribution in [0, 0.1) is 5.41 Å². The minimum Gasteiger partial charge on any atom is -0.264 e. The van der Waals surface area contributed by atoms with Gasteiger partial charge in [0.25, 0.3) is 0 Å². The SMILES string of the molecule is O=S(=O)(O)OCC(COS(=O)(=O)O)(COS(=O)(=O)O)COS(=O)(=O)O. The molecule has 0 aliphatic rings. The molecule has 0 unspecified atom stereocenters. The van der Waals surface area contributed by atoms with Crippen LogP contribution < -0.4 is 0 Å². The van der Waals surface area contributed by atoms with Crippen LogP contribution in [0.25, 0.3) is 0 Å². The first-order valence-corrected chi connectivity index (χ1v) is 10.8. The summed E-state index contributed by atoms with van der Waals surface area (Å²) in [5, 5.41) is 0. The first-order valence-electron chi connectivity index (χ1n) is 5.30. The van der Waals surface area contributed by atoms with Crippen molar-refractivity contribution in [2.45, 2.75) is 0 Å². The zero-order chi connectivity index (χ0) is 20.2. The van der Waals surface area contributed by atoms with Gasteiger partial charge in [0.1, 0.15) is 0 Å². The number of hydrogen-bond donors (Lipinski definition) is 4. The van der Waals surface area contributed by atoms with Gasteiger partial charge < -0.3 is 0 Å². The molecule has 0 radical (unpaired) electrons. The summed E-state index contributed by atoms with van der Waals surface area (Å²) in [6.45, 7) is -5.75. The molecule has 0 spiro atoms. The second-order valence-electron chi connectivity index (χ2n) is 4.26. The summed E-state index contributed by atoms with van der Waals surface area (Å²) in [6.07, 6.45) is 0. The van der Waals surface area contributed by atoms with Gasteiger partial charge in [0.15, 0.2) is 0 Å². The van der Waals surface area contributed by atoms with E-state index in [2.05, 4.69) is 16.7 Å². The van der Waals surface area contributed by atoms with Crippen molar-refractivity contribution in [3.63, 3.8) is 0 Å². The summed E-state index contributed by atoms with van der Waals surface area (Å²) < 4.78 is 134. The molecule has 20 heteroatoms. The van der Waals surface area contributed by atoms with Gasteiger partial charge in [-0.25, -0.2) is 16.7 Å². The van der Waals surface area contributed by atoms with Gasteiger partial charge in [-0.05, 0) is 0 Å². The highest BCUT2D eigenvalue weighted by Crippen LogP contribution is 2.23. The molecular weight excluding hydrogens is 444 g/mol. The van der Waals surface area contributed by atoms with E-state index in [0.717, 1.165) is 0 Å². The highest BCUT2D eigenvalue weighted by molar-refractivity contribution is 7.81. The molecule has 0 aliphatic heterocycles. The van der Waals surface area contributed by atoms with E-state index in [1.165, 1.54) is 0 Å². The molecule has 0 rings (SSSR count). The minimum absolute atomic E-state index is 1.44. The quantitative estimate of drug-likeness (QED) is 0.217. The van der Waals surface area contributed by atoms with Crippen LogP contribution in [-0.4, -0.2) is 78.3 Å². The monoisotopic (exact) mass is 456 g/mol. The fraction of sp³-hybridized carbons (Fsp3) is 1.00. The summed E-state index contributed by atoms with van der Waals surface area (Å²) >= 11 is 0. The summed E-state index contributed by atoms with van der Waals surface area (Å²) in [5.41, 5.74) is -2.52. The van der Waals surface area contributed by atoms with E-state index in [1.807, 2.05) is 0 Å². The molecule has 4 N–H and O–H groups in total. The van der Waals surface area contributed by atoms with Gasteiger partial charge in [0.2, 0.25) is 0 Å². The standard InChI is InChI=1S/C5H12O16S4/c6-22(7,8)18-1-5(2-19-23(9,10)11,3-20-24(12,13)14)4-21-25(15,16)17/h1-4H2,(H,6,7,8)(H,9,10,11)(H,12,13,14)(H,15,16,17). The van der Waals surface area contributed by atoms with Crippen molar-refractivity contribution >= 4 is 41.6 Å². The molecule has 0 aromatic heterocycles. The van der Waals surface area contributed by atoms with Crippen LogP contribution in [-0.2, 0) is 58.3 Å². The summed E-state index contributed by atoms with van der Waals surface area (Å²) in [4.78, 5) is 0. The van der Waals surface area contributed by atoms with Gasteiger partial charge in [-0.1, -0.05) is 0 Å². The molecule has 0 aromatic carbocycles. The third kappa shape index (κ3) is 14.3. The lowest BCUT2D eigenvalue weighted by Gasteiger charge is -2.29. The second kappa shape index (κ2) is 8.45. The van der Waals surface area contributed by atoms with Gasteiger partial charge >= 0.3 is 41.6 Å². The van der Waals surface area contributed by atoms with Gasteiger partial charge in [-0.2, -0.15) is 33.7 Å². The van der Waals surface area contributed by atoms with E-state index in [1.54, 1.807) is 0 Å². The molecule has 0 amide bonds. The first-order chi connectivity index (χ1) is 10.8. The smallest absolute Gasteiger partial charge is 0.264 e. The lowest BCUT2D eigenvalue weighted by Crippen LogP contribution is -2.43. The largest absolute Gasteiger partial charge is 0.397 e. The molecule has 0 saturated carbocycles. The third-order valence-corrected chi connectivity index (χ3v) is 3.72. The van der Waals surface area contributed by atoms with E-state index in [-0.39, 0.29) is 0 Å². The van der Waals surface area contributed by atoms with E-state index in [0.29, 0.717) is 0 Å². The molecule has 0 bridgehead atoms. The lowest BCUT2D eigenvalue weighted by molar-refractivity contribution is -0.00663. The van der Waals surface area contributed by atoms with Crippen LogP contribution in [0.15, 0.2) is 0 Å². The summed E-state index contributed by atoms with van der Waals surface area (Å²) in [5.74, 6) is 0. The fourth-order valence-corrected chi connectivity index (χ4v) is 2.64. The zero-order valence-electron chi connectivity index (χ0n) is 11.6.